The fraction of sp³-hybridized carbons (Fsp3) is 1.00. The lowest BCUT2D eigenvalue weighted by atomic mass is 10.2. The van der Waals surface area contributed by atoms with Crippen LogP contribution in [0.25, 0.3) is 0 Å². The molecule has 7 nitrogen and oxygen atoms in total. The van der Waals surface area contributed by atoms with E-state index >= 15 is 0 Å². The average molecular weight is 444 g/mol. The first-order valence-electron chi connectivity index (χ1n) is 13.4. The molecule has 0 heterocycles. The number of unbranched alkanes of at least 4 members (excludes halogenated alkanes) is 6. The Morgan fingerprint density at radius 2 is 0.419 bits per heavy atom. The first-order chi connectivity index (χ1) is 15.4. The van der Waals surface area contributed by atoms with E-state index in [0.29, 0.717) is 0 Å². The molecule has 0 aliphatic heterocycles. The maximum atomic E-state index is 5.49. The second-order valence-electron chi connectivity index (χ2n) is 8.57. The molecule has 0 unspecified atom stereocenters. The number of nitrogens with two attached hydrogens (primary N) is 2. The molecule has 0 spiro atoms. The molecule has 0 aliphatic carbocycles. The highest BCUT2D eigenvalue weighted by molar-refractivity contribution is 4.56. The molecule has 0 bridgehead atoms. The smallest absolute Gasteiger partial charge is 0.00484 e. The molecule has 0 saturated heterocycles. The molecule has 0 aromatic rings. The van der Waals surface area contributed by atoms with Gasteiger partial charge in [0.15, 0.2) is 0 Å². The second-order valence-corrected chi connectivity index (χ2v) is 8.57. The molecule has 0 aliphatic rings. The van der Waals surface area contributed by atoms with Crippen molar-refractivity contribution in [2.45, 2.75) is 77.0 Å². The fourth-order valence-corrected chi connectivity index (χ4v) is 3.41. The van der Waals surface area contributed by atoms with Gasteiger partial charge in [0, 0.05) is 0 Å². The van der Waals surface area contributed by atoms with Gasteiger partial charge >= 0.3 is 0 Å². The summed E-state index contributed by atoms with van der Waals surface area (Å²) < 4.78 is 0. The van der Waals surface area contributed by atoms with Crippen LogP contribution in [-0.2, 0) is 0 Å². The molecule has 9 N–H and O–H groups in total. The number of rotatable bonds is 28. The molecule has 0 rings (SSSR count). The van der Waals surface area contributed by atoms with Crippen molar-refractivity contribution in [1.29, 1.82) is 0 Å². The van der Waals surface area contributed by atoms with Crippen LogP contribution in [0.3, 0.4) is 0 Å². The molecule has 0 aromatic carbocycles. The third-order valence-corrected chi connectivity index (χ3v) is 5.44. The molecule has 0 fully saturated rings. The van der Waals surface area contributed by atoms with E-state index < -0.39 is 0 Å². The number of hydrogen-bond donors (Lipinski definition) is 7. The Morgan fingerprint density at radius 1 is 0.258 bits per heavy atom. The predicted molar refractivity (Wildman–Crippen MR) is 138 cm³/mol. The van der Waals surface area contributed by atoms with Gasteiger partial charge in [-0.2, -0.15) is 0 Å². The van der Waals surface area contributed by atoms with Crippen LogP contribution in [0.2, 0.25) is 0 Å². The van der Waals surface area contributed by atoms with Gasteiger partial charge in [0.1, 0.15) is 0 Å². The van der Waals surface area contributed by atoms with Crippen LogP contribution in [0.5, 0.6) is 0 Å². The van der Waals surface area contributed by atoms with Crippen LogP contribution in [0.1, 0.15) is 77.0 Å². The lowest BCUT2D eigenvalue weighted by Crippen LogP contribution is -2.23. The van der Waals surface area contributed by atoms with E-state index in [4.69, 9.17) is 11.5 Å². The zero-order chi connectivity index (χ0) is 22.5. The normalized spacial score (nSPS) is 11.4. The summed E-state index contributed by atoms with van der Waals surface area (Å²) in [5, 5.41) is 17.7. The molecule has 31 heavy (non-hydrogen) atoms. The molecule has 0 saturated carbocycles. The Kier molecular flexibility index (Phi) is 29.5. The van der Waals surface area contributed by atoms with Crippen LogP contribution in [0.4, 0.5) is 0 Å². The zero-order valence-electron chi connectivity index (χ0n) is 20.6. The topological polar surface area (TPSA) is 112 Å². The van der Waals surface area contributed by atoms with Crippen molar-refractivity contribution in [3.05, 3.63) is 0 Å². The quantitative estimate of drug-likeness (QED) is 0.0918. The van der Waals surface area contributed by atoms with Crippen LogP contribution in [0, 0.1) is 0 Å². The van der Waals surface area contributed by atoms with E-state index in [-0.39, 0.29) is 0 Å². The maximum Gasteiger partial charge on any atom is -0.00484 e. The molecular weight excluding hydrogens is 386 g/mol. The molecule has 0 amide bonds. The minimum atomic E-state index is 0.814. The van der Waals surface area contributed by atoms with Crippen molar-refractivity contribution >= 4 is 0 Å². The number of nitrogens with one attached hydrogen (secondary N) is 5. The zero-order valence-corrected chi connectivity index (χ0v) is 20.6. The summed E-state index contributed by atoms with van der Waals surface area (Å²) in [5.74, 6) is 0. The van der Waals surface area contributed by atoms with E-state index in [1.165, 1.54) is 64.2 Å². The third kappa shape index (κ3) is 29.7. The van der Waals surface area contributed by atoms with Crippen molar-refractivity contribution in [3.8, 4) is 0 Å². The molecule has 0 atom stereocenters. The first-order valence-corrected chi connectivity index (χ1v) is 13.4. The van der Waals surface area contributed by atoms with Crippen LogP contribution >= 0.6 is 0 Å². The molecule has 188 valence electrons. The van der Waals surface area contributed by atoms with E-state index in [1.807, 2.05) is 0 Å². The molecular formula is C24H57N7. The Labute approximate surface area is 194 Å². The predicted octanol–water partition coefficient (Wildman–Crippen LogP) is 1.53. The van der Waals surface area contributed by atoms with Gasteiger partial charge in [-0.05, 0) is 156 Å². The first kappa shape index (κ1) is 30.7. The van der Waals surface area contributed by atoms with Gasteiger partial charge in [-0.25, -0.2) is 0 Å². The average Bonchev–Trinajstić information content (AvgIpc) is 2.78. The Bertz CT molecular complexity index is 278. The minimum Gasteiger partial charge on any atom is -0.330 e. The van der Waals surface area contributed by atoms with E-state index in [2.05, 4.69) is 26.6 Å². The van der Waals surface area contributed by atoms with Gasteiger partial charge in [-0.1, -0.05) is 0 Å². The highest BCUT2D eigenvalue weighted by atomic mass is 14.9. The summed E-state index contributed by atoms with van der Waals surface area (Å²) in [4.78, 5) is 0. The van der Waals surface area contributed by atoms with Crippen molar-refractivity contribution in [1.82, 2.24) is 26.6 Å². The lowest BCUT2D eigenvalue weighted by molar-refractivity contribution is 0.533. The lowest BCUT2D eigenvalue weighted by Gasteiger charge is -2.08. The highest BCUT2D eigenvalue weighted by Gasteiger charge is 1.94. The van der Waals surface area contributed by atoms with Crippen molar-refractivity contribution in [2.75, 3.05) is 78.5 Å². The summed E-state index contributed by atoms with van der Waals surface area (Å²) in [6, 6.07) is 0. The minimum absolute atomic E-state index is 0.814. The summed E-state index contributed by atoms with van der Waals surface area (Å²) in [7, 11) is 0. The second kappa shape index (κ2) is 29.7. The fourth-order valence-electron chi connectivity index (χ4n) is 3.41. The van der Waals surface area contributed by atoms with Gasteiger partial charge in [-0.3, -0.25) is 0 Å². The van der Waals surface area contributed by atoms with E-state index in [9.17, 15) is 0 Å². The van der Waals surface area contributed by atoms with Gasteiger partial charge in [0.25, 0.3) is 0 Å². The van der Waals surface area contributed by atoms with Gasteiger partial charge < -0.3 is 38.1 Å². The highest BCUT2D eigenvalue weighted by Crippen LogP contribution is 1.91. The van der Waals surface area contributed by atoms with E-state index in [0.717, 1.165) is 91.4 Å². The van der Waals surface area contributed by atoms with E-state index in [1.54, 1.807) is 0 Å². The largest absolute Gasteiger partial charge is 0.330 e. The van der Waals surface area contributed by atoms with Gasteiger partial charge in [0.05, 0.1) is 0 Å². The van der Waals surface area contributed by atoms with Crippen LogP contribution < -0.4 is 38.1 Å². The molecule has 7 heteroatoms. The molecule has 0 aromatic heterocycles. The summed E-state index contributed by atoms with van der Waals surface area (Å²) >= 11 is 0. The standard InChI is InChI=1S/C24H57N7/c25-13-1-3-15-27-17-5-7-19-29-21-9-11-23-31-24-12-10-22-30-20-8-6-18-28-16-4-2-14-26/h27-31H,1-26H2. The Balaban J connectivity index is 2.98. The van der Waals surface area contributed by atoms with Crippen molar-refractivity contribution < 1.29 is 0 Å². The van der Waals surface area contributed by atoms with Crippen LogP contribution in [-0.4, -0.2) is 78.5 Å². The Hall–Kier alpha value is -0.280. The van der Waals surface area contributed by atoms with Crippen LogP contribution in [0.15, 0.2) is 0 Å². The monoisotopic (exact) mass is 443 g/mol. The van der Waals surface area contributed by atoms with Gasteiger partial charge in [0.2, 0.25) is 0 Å². The Morgan fingerprint density at radius 3 is 0.581 bits per heavy atom. The molecule has 0 radical (unpaired) electrons. The summed E-state index contributed by atoms with van der Waals surface area (Å²) in [6.07, 6.45) is 14.8. The summed E-state index contributed by atoms with van der Waals surface area (Å²) in [5.41, 5.74) is 11.0. The van der Waals surface area contributed by atoms with Crippen molar-refractivity contribution in [2.24, 2.45) is 11.5 Å². The van der Waals surface area contributed by atoms with Crippen molar-refractivity contribution in [3.63, 3.8) is 0 Å². The SMILES string of the molecule is NCCCCNCCCCNCCCCNCCCCNCCCCNCCCCN. The van der Waals surface area contributed by atoms with Gasteiger partial charge in [-0.15, -0.1) is 0 Å². The number of hydrogen-bond acceptors (Lipinski definition) is 7. The maximum absolute atomic E-state index is 5.49. The summed E-state index contributed by atoms with van der Waals surface area (Å²) in [6.45, 7) is 13.0. The third-order valence-electron chi connectivity index (χ3n) is 5.44.